The minimum absolute atomic E-state index is 0.000450. The monoisotopic (exact) mass is 414 g/mol. The highest BCUT2D eigenvalue weighted by Gasteiger charge is 2.33. The third kappa shape index (κ3) is 3.76. The van der Waals surface area contributed by atoms with Gasteiger partial charge < -0.3 is 9.64 Å². The average molecular weight is 415 g/mol. The van der Waals surface area contributed by atoms with Crippen LogP contribution in [0.25, 0.3) is 0 Å². The lowest BCUT2D eigenvalue weighted by atomic mass is 10.1. The molecule has 0 aromatic heterocycles. The van der Waals surface area contributed by atoms with Crippen LogP contribution in [0, 0.1) is 20.8 Å². The topological polar surface area (TPSA) is 75.7 Å². The van der Waals surface area contributed by atoms with E-state index in [4.69, 9.17) is 4.74 Å². The second-order valence-electron chi connectivity index (χ2n) is 7.92. The zero-order valence-corrected chi connectivity index (χ0v) is 17.8. The number of nitrogens with one attached hydrogen (secondary N) is 1. The van der Waals surface area contributed by atoms with E-state index in [0.29, 0.717) is 30.2 Å². The summed E-state index contributed by atoms with van der Waals surface area (Å²) in [4.78, 5) is 14.8. The van der Waals surface area contributed by atoms with E-state index in [1.165, 1.54) is 0 Å². The summed E-state index contributed by atoms with van der Waals surface area (Å²) in [6.07, 6.45) is 2.02. The van der Waals surface area contributed by atoms with Crippen LogP contribution in [0.1, 0.15) is 35.1 Å². The summed E-state index contributed by atoms with van der Waals surface area (Å²) in [6, 6.07) is 9.12. The van der Waals surface area contributed by atoms with Gasteiger partial charge in [-0.3, -0.25) is 9.52 Å². The molecular weight excluding hydrogens is 388 g/mol. The molecule has 154 valence electrons. The lowest BCUT2D eigenvalue weighted by molar-refractivity contribution is -0.127. The number of hydrogen-bond donors (Lipinski definition) is 1. The highest BCUT2D eigenvalue weighted by Crippen LogP contribution is 2.33. The molecule has 4 rings (SSSR count). The maximum atomic E-state index is 13.0. The largest absolute Gasteiger partial charge is 0.368 e. The molecule has 2 heterocycles. The van der Waals surface area contributed by atoms with Gasteiger partial charge in [0.2, 0.25) is 0 Å². The summed E-state index contributed by atoms with van der Waals surface area (Å²) in [6.45, 7) is 6.81. The van der Waals surface area contributed by atoms with Crippen LogP contribution in [-0.4, -0.2) is 33.6 Å². The standard InChI is InChI=1S/C22H26N2O4S/c1-14-11-15(2)21(16(3)12-14)29(26,27)23-18-6-7-19-17(13-18)8-9-24(19)22(25)20-5-4-10-28-20/h6-7,11-13,20,23H,4-5,8-10H2,1-3H3. The summed E-state index contributed by atoms with van der Waals surface area (Å²) < 4.78 is 34.3. The number of aryl methyl sites for hydroxylation is 3. The van der Waals surface area contributed by atoms with Crippen molar-refractivity contribution in [2.24, 2.45) is 0 Å². The van der Waals surface area contributed by atoms with Crippen molar-refractivity contribution >= 4 is 27.3 Å². The maximum absolute atomic E-state index is 13.0. The Morgan fingerprint density at radius 3 is 2.52 bits per heavy atom. The normalized spacial score (nSPS) is 18.7. The Morgan fingerprint density at radius 1 is 1.14 bits per heavy atom. The third-order valence-corrected chi connectivity index (χ3v) is 7.26. The summed E-state index contributed by atoms with van der Waals surface area (Å²) in [5.74, 6) is 0.000450. The molecule has 0 saturated carbocycles. The van der Waals surface area contributed by atoms with Crippen LogP contribution in [0.3, 0.4) is 0 Å². The second-order valence-corrected chi connectivity index (χ2v) is 9.54. The number of carbonyl (C=O) groups is 1. The average Bonchev–Trinajstić information content (AvgIpc) is 3.29. The van der Waals surface area contributed by atoms with Gasteiger partial charge in [0, 0.05) is 24.5 Å². The molecule has 0 radical (unpaired) electrons. The van der Waals surface area contributed by atoms with E-state index in [9.17, 15) is 13.2 Å². The van der Waals surface area contributed by atoms with Crippen molar-refractivity contribution < 1.29 is 17.9 Å². The predicted molar refractivity (Wildman–Crippen MR) is 113 cm³/mol. The van der Waals surface area contributed by atoms with Crippen LogP contribution in [0.5, 0.6) is 0 Å². The first kappa shape index (κ1) is 19.9. The summed E-state index contributed by atoms with van der Waals surface area (Å²) in [5.41, 5.74) is 4.81. The van der Waals surface area contributed by atoms with E-state index in [-0.39, 0.29) is 12.0 Å². The van der Waals surface area contributed by atoms with Crippen molar-refractivity contribution in [2.45, 2.75) is 51.0 Å². The molecule has 29 heavy (non-hydrogen) atoms. The van der Waals surface area contributed by atoms with E-state index in [1.54, 1.807) is 11.0 Å². The molecule has 0 aliphatic carbocycles. The van der Waals surface area contributed by atoms with E-state index in [0.717, 1.165) is 40.8 Å². The Morgan fingerprint density at radius 2 is 1.86 bits per heavy atom. The van der Waals surface area contributed by atoms with Gasteiger partial charge in [0.25, 0.3) is 15.9 Å². The van der Waals surface area contributed by atoms with E-state index < -0.39 is 10.0 Å². The fourth-order valence-corrected chi connectivity index (χ4v) is 5.94. The first-order valence-corrected chi connectivity index (χ1v) is 11.4. The number of carbonyl (C=O) groups excluding carboxylic acids is 1. The zero-order chi connectivity index (χ0) is 20.8. The molecule has 2 aliphatic rings. The van der Waals surface area contributed by atoms with Crippen molar-refractivity contribution in [3.05, 3.63) is 52.6 Å². The van der Waals surface area contributed by atoms with Crippen LogP contribution in [0.2, 0.25) is 0 Å². The number of benzene rings is 2. The molecule has 2 aromatic carbocycles. The van der Waals surface area contributed by atoms with Crippen LogP contribution >= 0.6 is 0 Å². The number of rotatable bonds is 4. The molecule has 1 N–H and O–H groups in total. The summed E-state index contributed by atoms with van der Waals surface area (Å²) in [7, 11) is -3.70. The molecule has 2 aliphatic heterocycles. The Kier molecular flexibility index (Phi) is 5.12. The quantitative estimate of drug-likeness (QED) is 0.831. The first-order chi connectivity index (χ1) is 13.8. The van der Waals surface area contributed by atoms with Crippen molar-refractivity contribution in [1.82, 2.24) is 0 Å². The van der Waals surface area contributed by atoms with Gasteiger partial charge in [0.05, 0.1) is 4.90 Å². The number of ether oxygens (including phenoxy) is 1. The predicted octanol–water partition coefficient (Wildman–Crippen LogP) is 3.48. The van der Waals surface area contributed by atoms with Gasteiger partial charge in [-0.1, -0.05) is 17.7 Å². The fourth-order valence-electron chi connectivity index (χ4n) is 4.44. The Hall–Kier alpha value is -2.38. The van der Waals surface area contributed by atoms with Crippen LogP contribution < -0.4 is 9.62 Å². The molecule has 0 bridgehead atoms. The van der Waals surface area contributed by atoms with Crippen LogP contribution in [0.15, 0.2) is 35.2 Å². The molecule has 7 heteroatoms. The third-order valence-electron chi connectivity index (χ3n) is 5.57. The molecule has 0 spiro atoms. The molecule has 1 atom stereocenters. The molecule has 6 nitrogen and oxygen atoms in total. The van der Waals surface area contributed by atoms with Crippen molar-refractivity contribution in [3.63, 3.8) is 0 Å². The SMILES string of the molecule is Cc1cc(C)c(S(=O)(=O)Nc2ccc3c(c2)CCN3C(=O)C2CCCO2)c(C)c1. The lowest BCUT2D eigenvalue weighted by Crippen LogP contribution is -2.37. The Balaban J connectivity index is 1.58. The van der Waals surface area contributed by atoms with Gasteiger partial charge >= 0.3 is 0 Å². The summed E-state index contributed by atoms with van der Waals surface area (Å²) in [5, 5.41) is 0. The molecule has 2 aromatic rings. The Labute approximate surface area is 171 Å². The Bertz CT molecular complexity index is 1050. The van der Waals surface area contributed by atoms with E-state index >= 15 is 0 Å². The zero-order valence-electron chi connectivity index (χ0n) is 17.0. The van der Waals surface area contributed by atoms with Crippen LogP contribution in [0.4, 0.5) is 11.4 Å². The molecular formula is C22H26N2O4S. The minimum Gasteiger partial charge on any atom is -0.368 e. The first-order valence-electron chi connectivity index (χ1n) is 9.93. The molecule has 1 amide bonds. The molecule has 1 saturated heterocycles. The number of nitrogens with zero attached hydrogens (tertiary/aromatic N) is 1. The number of anilines is 2. The van der Waals surface area contributed by atoms with Crippen molar-refractivity contribution in [2.75, 3.05) is 22.8 Å². The van der Waals surface area contributed by atoms with E-state index in [1.807, 2.05) is 45.0 Å². The lowest BCUT2D eigenvalue weighted by Gasteiger charge is -2.21. The summed E-state index contributed by atoms with van der Waals surface area (Å²) >= 11 is 0. The molecule has 1 unspecified atom stereocenters. The maximum Gasteiger partial charge on any atom is 0.262 e. The number of fused-ring (bicyclic) bond motifs is 1. The van der Waals surface area contributed by atoms with Gasteiger partial charge in [-0.05, 0) is 74.9 Å². The van der Waals surface area contributed by atoms with Gasteiger partial charge in [0.1, 0.15) is 6.10 Å². The van der Waals surface area contributed by atoms with Gasteiger partial charge in [-0.2, -0.15) is 0 Å². The van der Waals surface area contributed by atoms with Gasteiger partial charge in [-0.25, -0.2) is 8.42 Å². The van der Waals surface area contributed by atoms with Gasteiger partial charge in [0.15, 0.2) is 0 Å². The van der Waals surface area contributed by atoms with Crippen molar-refractivity contribution in [1.29, 1.82) is 0 Å². The number of sulfonamides is 1. The highest BCUT2D eigenvalue weighted by molar-refractivity contribution is 7.92. The van der Waals surface area contributed by atoms with Crippen molar-refractivity contribution in [3.8, 4) is 0 Å². The van der Waals surface area contributed by atoms with Crippen LogP contribution in [-0.2, 0) is 26.0 Å². The van der Waals surface area contributed by atoms with E-state index in [2.05, 4.69) is 4.72 Å². The van der Waals surface area contributed by atoms with Gasteiger partial charge in [-0.15, -0.1) is 0 Å². The minimum atomic E-state index is -3.70. The second kappa shape index (κ2) is 7.46. The fraction of sp³-hybridized carbons (Fsp3) is 0.409. The number of hydrogen-bond acceptors (Lipinski definition) is 4. The smallest absolute Gasteiger partial charge is 0.262 e. The number of amides is 1. The molecule has 1 fully saturated rings. The highest BCUT2D eigenvalue weighted by atomic mass is 32.2.